The maximum Gasteiger partial charge on any atom is 0.253 e. The molecule has 0 spiro atoms. The Labute approximate surface area is 139 Å². The second kappa shape index (κ2) is 6.93. The lowest BCUT2D eigenvalue weighted by Crippen LogP contribution is -2.26. The molecule has 0 bridgehead atoms. The van der Waals surface area contributed by atoms with Crippen molar-refractivity contribution in [2.45, 2.75) is 13.5 Å². The van der Waals surface area contributed by atoms with Crippen LogP contribution in [0.5, 0.6) is 5.75 Å². The van der Waals surface area contributed by atoms with Crippen LogP contribution >= 0.6 is 22.6 Å². The van der Waals surface area contributed by atoms with Gasteiger partial charge in [-0.05, 0) is 59.8 Å². The first-order valence-electron chi connectivity index (χ1n) is 6.66. The molecule has 4 heteroatoms. The van der Waals surface area contributed by atoms with E-state index in [0.29, 0.717) is 12.1 Å². The van der Waals surface area contributed by atoms with Gasteiger partial charge in [0.05, 0.1) is 7.11 Å². The number of halogens is 1. The van der Waals surface area contributed by atoms with E-state index in [0.717, 1.165) is 20.4 Å². The second-order valence-corrected chi connectivity index (χ2v) is 6.23. The van der Waals surface area contributed by atoms with Crippen molar-refractivity contribution in [3.05, 3.63) is 62.7 Å². The third-order valence-corrected chi connectivity index (χ3v) is 4.00. The van der Waals surface area contributed by atoms with Gasteiger partial charge in [-0.3, -0.25) is 4.79 Å². The molecule has 2 aromatic rings. The van der Waals surface area contributed by atoms with Gasteiger partial charge >= 0.3 is 0 Å². The highest BCUT2D eigenvalue weighted by atomic mass is 127. The molecule has 0 aliphatic heterocycles. The topological polar surface area (TPSA) is 29.5 Å². The van der Waals surface area contributed by atoms with E-state index in [2.05, 4.69) is 28.7 Å². The Hall–Kier alpha value is -1.56. The van der Waals surface area contributed by atoms with Crippen molar-refractivity contribution in [3.63, 3.8) is 0 Å². The fourth-order valence-corrected chi connectivity index (χ4v) is 2.53. The third kappa shape index (κ3) is 3.97. The van der Waals surface area contributed by atoms with Crippen molar-refractivity contribution in [1.29, 1.82) is 0 Å². The summed E-state index contributed by atoms with van der Waals surface area (Å²) < 4.78 is 6.48. The number of benzene rings is 2. The molecule has 0 aliphatic rings. The quantitative estimate of drug-likeness (QED) is 0.736. The normalized spacial score (nSPS) is 10.3. The summed E-state index contributed by atoms with van der Waals surface area (Å²) in [6.45, 7) is 2.56. The summed E-state index contributed by atoms with van der Waals surface area (Å²) in [4.78, 5) is 14.1. The molecule has 21 heavy (non-hydrogen) atoms. The Morgan fingerprint density at radius 1 is 1.19 bits per heavy atom. The minimum Gasteiger partial charge on any atom is -0.496 e. The Morgan fingerprint density at radius 3 is 2.48 bits per heavy atom. The van der Waals surface area contributed by atoms with Gasteiger partial charge in [0.25, 0.3) is 5.91 Å². The van der Waals surface area contributed by atoms with Gasteiger partial charge in [0.2, 0.25) is 0 Å². The first kappa shape index (κ1) is 15.8. The van der Waals surface area contributed by atoms with Crippen LogP contribution in [0.1, 0.15) is 21.5 Å². The van der Waals surface area contributed by atoms with Crippen LogP contribution < -0.4 is 4.74 Å². The molecule has 0 saturated heterocycles. The molecule has 0 fully saturated rings. The molecular weight excluding hydrogens is 377 g/mol. The van der Waals surface area contributed by atoms with Crippen molar-refractivity contribution in [1.82, 2.24) is 4.90 Å². The zero-order valence-electron chi connectivity index (χ0n) is 12.4. The number of ether oxygens (including phenoxy) is 1. The number of amides is 1. The number of hydrogen-bond donors (Lipinski definition) is 0. The summed E-state index contributed by atoms with van der Waals surface area (Å²) in [5, 5.41) is 0. The molecule has 0 saturated carbocycles. The molecule has 0 N–H and O–H groups in total. The number of hydrogen-bond acceptors (Lipinski definition) is 2. The van der Waals surface area contributed by atoms with E-state index in [4.69, 9.17) is 4.74 Å². The summed E-state index contributed by atoms with van der Waals surface area (Å²) in [6.07, 6.45) is 0. The first-order chi connectivity index (χ1) is 10.0. The van der Waals surface area contributed by atoms with Crippen LogP contribution in [0.25, 0.3) is 0 Å². The van der Waals surface area contributed by atoms with Gasteiger partial charge in [-0.1, -0.05) is 17.7 Å². The Morgan fingerprint density at radius 2 is 1.86 bits per heavy atom. The van der Waals surface area contributed by atoms with E-state index < -0.39 is 0 Å². The maximum atomic E-state index is 12.4. The molecule has 0 radical (unpaired) electrons. The van der Waals surface area contributed by atoms with Crippen molar-refractivity contribution < 1.29 is 9.53 Å². The van der Waals surface area contributed by atoms with Crippen LogP contribution in [0.2, 0.25) is 0 Å². The smallest absolute Gasteiger partial charge is 0.253 e. The first-order valence-corrected chi connectivity index (χ1v) is 7.73. The van der Waals surface area contributed by atoms with Crippen molar-refractivity contribution >= 4 is 28.5 Å². The van der Waals surface area contributed by atoms with Crippen molar-refractivity contribution in [2.75, 3.05) is 14.2 Å². The van der Waals surface area contributed by atoms with Crippen LogP contribution in [-0.4, -0.2) is 25.0 Å². The molecule has 2 aromatic carbocycles. The minimum absolute atomic E-state index is 0.00922. The molecule has 0 aliphatic carbocycles. The summed E-state index contributed by atoms with van der Waals surface area (Å²) in [5.74, 6) is 0.817. The minimum atomic E-state index is 0.00922. The number of carbonyl (C=O) groups is 1. The maximum absolute atomic E-state index is 12.4. The van der Waals surface area contributed by atoms with Crippen LogP contribution in [-0.2, 0) is 6.54 Å². The van der Waals surface area contributed by atoms with Crippen LogP contribution in [0, 0.1) is 10.5 Å². The van der Waals surface area contributed by atoms with E-state index in [9.17, 15) is 4.79 Å². The molecule has 110 valence electrons. The van der Waals surface area contributed by atoms with Gasteiger partial charge in [-0.15, -0.1) is 0 Å². The molecule has 2 rings (SSSR count). The average Bonchev–Trinajstić information content (AvgIpc) is 2.47. The van der Waals surface area contributed by atoms with Gasteiger partial charge in [-0.2, -0.15) is 0 Å². The Balaban J connectivity index is 2.17. The van der Waals surface area contributed by atoms with Gasteiger partial charge in [-0.25, -0.2) is 0 Å². The molecule has 1 amide bonds. The Kier molecular flexibility index (Phi) is 5.22. The fourth-order valence-electron chi connectivity index (χ4n) is 2.17. The van der Waals surface area contributed by atoms with E-state index in [1.807, 2.05) is 50.4 Å². The number of rotatable bonds is 4. The zero-order chi connectivity index (χ0) is 15.4. The van der Waals surface area contributed by atoms with Gasteiger partial charge in [0.15, 0.2) is 0 Å². The zero-order valence-corrected chi connectivity index (χ0v) is 14.5. The molecule has 3 nitrogen and oxygen atoms in total. The largest absolute Gasteiger partial charge is 0.496 e. The summed E-state index contributed by atoms with van der Waals surface area (Å²) in [6, 6.07) is 13.6. The van der Waals surface area contributed by atoms with Crippen LogP contribution in [0.3, 0.4) is 0 Å². The van der Waals surface area contributed by atoms with Crippen molar-refractivity contribution in [2.24, 2.45) is 0 Å². The highest BCUT2D eigenvalue weighted by Crippen LogP contribution is 2.21. The monoisotopic (exact) mass is 395 g/mol. The van der Waals surface area contributed by atoms with Gasteiger partial charge < -0.3 is 9.64 Å². The summed E-state index contributed by atoms with van der Waals surface area (Å²) in [7, 11) is 3.46. The lowest BCUT2D eigenvalue weighted by atomic mass is 10.1. The predicted octanol–water partition coefficient (Wildman–Crippen LogP) is 3.88. The number of nitrogens with zero attached hydrogens (tertiary/aromatic N) is 1. The average molecular weight is 395 g/mol. The number of methoxy groups -OCH3 is 1. The standard InChI is InChI=1S/C17H18INO2/c1-12-4-9-16(21-3)14(10-12)11-19(2)17(20)13-5-7-15(18)8-6-13/h4-10H,11H2,1-3H3. The highest BCUT2D eigenvalue weighted by molar-refractivity contribution is 14.1. The lowest BCUT2D eigenvalue weighted by molar-refractivity contribution is 0.0784. The number of carbonyl (C=O) groups excluding carboxylic acids is 1. The van der Waals surface area contributed by atoms with Gasteiger partial charge in [0.1, 0.15) is 5.75 Å². The van der Waals surface area contributed by atoms with E-state index in [1.54, 1.807) is 12.0 Å². The third-order valence-electron chi connectivity index (χ3n) is 3.28. The molecule has 0 heterocycles. The molecular formula is C17H18INO2. The molecule has 0 aromatic heterocycles. The Bertz CT molecular complexity index is 638. The van der Waals surface area contributed by atoms with Gasteiger partial charge in [0, 0.05) is 28.3 Å². The van der Waals surface area contributed by atoms with E-state index in [1.165, 1.54) is 0 Å². The molecule has 0 unspecified atom stereocenters. The number of aryl methyl sites for hydroxylation is 1. The van der Waals surface area contributed by atoms with E-state index in [-0.39, 0.29) is 5.91 Å². The summed E-state index contributed by atoms with van der Waals surface area (Å²) >= 11 is 2.23. The lowest BCUT2D eigenvalue weighted by Gasteiger charge is -2.19. The SMILES string of the molecule is COc1ccc(C)cc1CN(C)C(=O)c1ccc(I)cc1. The van der Waals surface area contributed by atoms with Crippen LogP contribution in [0.4, 0.5) is 0 Å². The van der Waals surface area contributed by atoms with E-state index >= 15 is 0 Å². The second-order valence-electron chi connectivity index (χ2n) is 4.98. The highest BCUT2D eigenvalue weighted by Gasteiger charge is 2.14. The van der Waals surface area contributed by atoms with Crippen molar-refractivity contribution in [3.8, 4) is 5.75 Å². The fraction of sp³-hybridized carbons (Fsp3) is 0.235. The molecule has 0 atom stereocenters. The summed E-state index contributed by atoms with van der Waals surface area (Å²) in [5.41, 5.74) is 2.87. The van der Waals surface area contributed by atoms with Crippen LogP contribution in [0.15, 0.2) is 42.5 Å². The predicted molar refractivity (Wildman–Crippen MR) is 92.7 cm³/mol.